The molecule has 0 aliphatic carbocycles. The fourth-order valence-electron chi connectivity index (χ4n) is 2.96. The molecule has 1 saturated heterocycles. The molecule has 0 amide bonds. The van der Waals surface area contributed by atoms with E-state index in [1.807, 2.05) is 6.07 Å². The van der Waals surface area contributed by atoms with E-state index in [4.69, 9.17) is 39.5 Å². The van der Waals surface area contributed by atoms with E-state index in [0.29, 0.717) is 27.2 Å². The SMILES string of the molecule is OCC1SC(Oc2ccc(Cl)cc2Cc2ccc(Cl)cc2Cl)C(O)C(O)C1O. The largest absolute Gasteiger partial charge is 0.477 e. The normalized spacial score (nSPS) is 27.6. The van der Waals surface area contributed by atoms with Gasteiger partial charge in [-0.1, -0.05) is 40.9 Å². The summed E-state index contributed by atoms with van der Waals surface area (Å²) in [6, 6.07) is 10.2. The Morgan fingerprint density at radius 2 is 1.54 bits per heavy atom. The molecule has 0 bridgehead atoms. The lowest BCUT2D eigenvalue weighted by molar-refractivity contribution is -0.0910. The molecule has 2 aromatic rings. The van der Waals surface area contributed by atoms with E-state index >= 15 is 0 Å². The molecule has 4 N–H and O–H groups in total. The van der Waals surface area contributed by atoms with E-state index in [0.717, 1.165) is 22.9 Å². The van der Waals surface area contributed by atoms with Gasteiger partial charge in [0.15, 0.2) is 5.44 Å². The number of hydrogen-bond acceptors (Lipinski definition) is 6. The first-order valence-electron chi connectivity index (χ1n) is 8.49. The molecule has 5 unspecified atom stereocenters. The maximum absolute atomic E-state index is 10.3. The highest BCUT2D eigenvalue weighted by Gasteiger charge is 2.44. The molecule has 1 heterocycles. The van der Waals surface area contributed by atoms with Crippen molar-refractivity contribution in [3.63, 3.8) is 0 Å². The summed E-state index contributed by atoms with van der Waals surface area (Å²) in [5.41, 5.74) is 0.667. The highest BCUT2D eigenvalue weighted by Crippen LogP contribution is 2.36. The summed E-state index contributed by atoms with van der Waals surface area (Å²) in [6.07, 6.45) is -3.59. The third kappa shape index (κ3) is 4.89. The van der Waals surface area contributed by atoms with Crippen molar-refractivity contribution >= 4 is 46.6 Å². The van der Waals surface area contributed by atoms with Gasteiger partial charge in [0.1, 0.15) is 18.0 Å². The van der Waals surface area contributed by atoms with Gasteiger partial charge in [0.25, 0.3) is 0 Å². The van der Waals surface area contributed by atoms with Crippen molar-refractivity contribution < 1.29 is 25.2 Å². The van der Waals surface area contributed by atoms with Crippen molar-refractivity contribution in [2.75, 3.05) is 6.61 Å². The van der Waals surface area contributed by atoms with Gasteiger partial charge in [-0.3, -0.25) is 0 Å². The van der Waals surface area contributed by atoms with Crippen molar-refractivity contribution in [2.24, 2.45) is 0 Å². The number of aliphatic hydroxyl groups is 4. The van der Waals surface area contributed by atoms with E-state index in [9.17, 15) is 20.4 Å². The van der Waals surface area contributed by atoms with Crippen LogP contribution in [0.25, 0.3) is 0 Å². The lowest BCUT2D eigenvalue weighted by Gasteiger charge is -2.39. The third-order valence-electron chi connectivity index (χ3n) is 4.51. The van der Waals surface area contributed by atoms with Crippen molar-refractivity contribution in [1.82, 2.24) is 0 Å². The summed E-state index contributed by atoms with van der Waals surface area (Å²) in [6.45, 7) is -0.358. The van der Waals surface area contributed by atoms with Crippen LogP contribution in [0.2, 0.25) is 15.1 Å². The minimum Gasteiger partial charge on any atom is -0.477 e. The Balaban J connectivity index is 1.86. The first-order chi connectivity index (χ1) is 13.3. The molecule has 0 aromatic heterocycles. The van der Waals surface area contributed by atoms with Gasteiger partial charge in [0, 0.05) is 27.1 Å². The zero-order chi connectivity index (χ0) is 20.4. The molecule has 0 spiro atoms. The van der Waals surface area contributed by atoms with Crippen LogP contribution in [0.5, 0.6) is 5.75 Å². The first-order valence-corrected chi connectivity index (χ1v) is 10.6. The number of aliphatic hydroxyl groups excluding tert-OH is 4. The van der Waals surface area contributed by atoms with Gasteiger partial charge in [-0.15, -0.1) is 11.8 Å². The van der Waals surface area contributed by atoms with Gasteiger partial charge in [0.05, 0.1) is 18.0 Å². The van der Waals surface area contributed by atoms with E-state index in [2.05, 4.69) is 0 Å². The van der Waals surface area contributed by atoms with Crippen LogP contribution >= 0.6 is 46.6 Å². The summed E-state index contributed by atoms with van der Waals surface area (Å²) >= 11 is 19.4. The Labute approximate surface area is 181 Å². The monoisotopic (exact) mass is 464 g/mol. The standard InChI is InChI=1S/C19H19Cl3O5S/c20-11-3-4-14(10(6-11)5-9-1-2-12(21)7-13(9)22)27-19-18(26)17(25)16(24)15(8-23)28-19/h1-4,6-7,15-19,23-26H,5,8H2. The van der Waals surface area contributed by atoms with Crippen LogP contribution in [0.15, 0.2) is 36.4 Å². The van der Waals surface area contributed by atoms with Gasteiger partial charge in [-0.2, -0.15) is 0 Å². The molecule has 1 aliphatic rings. The Kier molecular flexibility index (Phi) is 7.39. The maximum atomic E-state index is 10.3. The molecule has 1 fully saturated rings. The second-order valence-corrected chi connectivity index (χ2v) is 9.10. The zero-order valence-electron chi connectivity index (χ0n) is 14.5. The van der Waals surface area contributed by atoms with Crippen LogP contribution < -0.4 is 4.74 Å². The van der Waals surface area contributed by atoms with Crippen molar-refractivity contribution in [3.8, 4) is 5.75 Å². The quantitative estimate of drug-likeness (QED) is 0.542. The Morgan fingerprint density at radius 1 is 0.857 bits per heavy atom. The molecule has 152 valence electrons. The number of rotatable bonds is 5. The van der Waals surface area contributed by atoms with Gasteiger partial charge in [0.2, 0.25) is 0 Å². The molecule has 5 atom stereocenters. The molecule has 3 rings (SSSR count). The van der Waals surface area contributed by atoms with E-state index in [1.54, 1.807) is 30.3 Å². The highest BCUT2D eigenvalue weighted by atomic mass is 35.5. The Bertz CT molecular complexity index is 835. The predicted molar refractivity (Wildman–Crippen MR) is 112 cm³/mol. The molecule has 9 heteroatoms. The number of halogens is 3. The summed E-state index contributed by atoms with van der Waals surface area (Å²) in [4.78, 5) is 0. The average molecular weight is 466 g/mol. The van der Waals surface area contributed by atoms with E-state index < -0.39 is 29.0 Å². The van der Waals surface area contributed by atoms with E-state index in [1.165, 1.54) is 0 Å². The minimum absolute atomic E-state index is 0.358. The Morgan fingerprint density at radius 3 is 2.21 bits per heavy atom. The molecule has 2 aromatic carbocycles. The van der Waals surface area contributed by atoms with Crippen LogP contribution in [0.4, 0.5) is 0 Å². The molecular formula is C19H19Cl3O5S. The van der Waals surface area contributed by atoms with Gasteiger partial charge < -0.3 is 25.2 Å². The van der Waals surface area contributed by atoms with Crippen LogP contribution in [0.3, 0.4) is 0 Å². The highest BCUT2D eigenvalue weighted by molar-refractivity contribution is 8.00. The number of hydrogen-bond donors (Lipinski definition) is 4. The fourth-order valence-corrected chi connectivity index (χ4v) is 4.87. The number of ether oxygens (including phenoxy) is 1. The molecular weight excluding hydrogens is 447 g/mol. The zero-order valence-corrected chi connectivity index (χ0v) is 17.6. The lowest BCUT2D eigenvalue weighted by Crippen LogP contribution is -2.55. The summed E-state index contributed by atoms with van der Waals surface area (Å²) in [7, 11) is 0. The van der Waals surface area contributed by atoms with Crippen LogP contribution in [0, 0.1) is 0 Å². The van der Waals surface area contributed by atoms with Crippen LogP contribution in [-0.4, -0.2) is 56.0 Å². The fraction of sp³-hybridized carbons (Fsp3) is 0.368. The van der Waals surface area contributed by atoms with Crippen molar-refractivity contribution in [2.45, 2.75) is 35.4 Å². The predicted octanol–water partition coefficient (Wildman–Crippen LogP) is 3.13. The van der Waals surface area contributed by atoms with Crippen molar-refractivity contribution in [1.29, 1.82) is 0 Å². The second kappa shape index (κ2) is 9.41. The van der Waals surface area contributed by atoms with Gasteiger partial charge in [-0.25, -0.2) is 0 Å². The van der Waals surface area contributed by atoms with Crippen LogP contribution in [0.1, 0.15) is 11.1 Å². The van der Waals surface area contributed by atoms with Crippen molar-refractivity contribution in [3.05, 3.63) is 62.6 Å². The summed E-state index contributed by atoms with van der Waals surface area (Å²) in [5, 5.41) is 40.6. The topological polar surface area (TPSA) is 90.2 Å². The number of thioether (sulfide) groups is 1. The smallest absolute Gasteiger partial charge is 0.173 e. The minimum atomic E-state index is -1.43. The maximum Gasteiger partial charge on any atom is 0.173 e. The Hall–Kier alpha value is -0.700. The third-order valence-corrected chi connectivity index (χ3v) is 6.75. The van der Waals surface area contributed by atoms with Gasteiger partial charge in [-0.05, 0) is 35.9 Å². The molecule has 1 aliphatic heterocycles. The average Bonchev–Trinajstić information content (AvgIpc) is 2.66. The molecule has 5 nitrogen and oxygen atoms in total. The van der Waals surface area contributed by atoms with Crippen LogP contribution in [-0.2, 0) is 6.42 Å². The number of benzene rings is 2. The van der Waals surface area contributed by atoms with E-state index in [-0.39, 0.29) is 6.61 Å². The summed E-state index contributed by atoms with van der Waals surface area (Å²) < 4.78 is 5.94. The molecule has 0 saturated carbocycles. The second-order valence-electron chi connectivity index (χ2n) is 6.48. The van der Waals surface area contributed by atoms with Gasteiger partial charge >= 0.3 is 0 Å². The first kappa shape index (κ1) is 22.0. The molecule has 0 radical (unpaired) electrons. The molecule has 28 heavy (non-hydrogen) atoms. The lowest BCUT2D eigenvalue weighted by atomic mass is 10.0. The summed E-state index contributed by atoms with van der Waals surface area (Å²) in [5.74, 6) is 0.451.